The van der Waals surface area contributed by atoms with Crippen LogP contribution >= 0.6 is 0 Å². The first-order chi connectivity index (χ1) is 14.1. The molecule has 0 aliphatic heterocycles. The lowest BCUT2D eigenvalue weighted by Gasteiger charge is -2.18. The smallest absolute Gasteiger partial charge is 0.385 e. The van der Waals surface area contributed by atoms with Gasteiger partial charge in [0.1, 0.15) is 11.5 Å². The molecule has 158 valence electrons. The summed E-state index contributed by atoms with van der Waals surface area (Å²) < 4.78 is 52.9. The van der Waals surface area contributed by atoms with Gasteiger partial charge in [-0.1, -0.05) is 6.07 Å². The number of halogens is 4. The molecule has 0 bridgehead atoms. The fourth-order valence-electron chi connectivity index (χ4n) is 3.20. The second kappa shape index (κ2) is 8.30. The van der Waals surface area contributed by atoms with Crippen LogP contribution in [0.5, 0.6) is 0 Å². The first kappa shape index (κ1) is 21.5. The van der Waals surface area contributed by atoms with Gasteiger partial charge in [-0.15, -0.1) is 0 Å². The van der Waals surface area contributed by atoms with Crippen LogP contribution in [-0.4, -0.2) is 17.4 Å². The van der Waals surface area contributed by atoms with Gasteiger partial charge >= 0.3 is 6.18 Å². The zero-order valence-electron chi connectivity index (χ0n) is 16.7. The highest BCUT2D eigenvalue weighted by atomic mass is 19.4. The molecule has 2 N–H and O–H groups in total. The van der Waals surface area contributed by atoms with Crippen molar-refractivity contribution >= 4 is 22.5 Å². The maximum atomic E-state index is 14.5. The Balaban J connectivity index is 1.81. The molecule has 1 heterocycles. The zero-order chi connectivity index (χ0) is 22.1. The fraction of sp³-hybridized carbons (Fsp3) is 0.273. The number of aryl methyl sites for hydroxylation is 1. The number of pyridine rings is 1. The third-order valence-electron chi connectivity index (χ3n) is 4.77. The molecule has 8 heteroatoms. The number of fused-ring (bicyclic) bond motifs is 1. The molecule has 1 amide bonds. The molecule has 30 heavy (non-hydrogen) atoms. The molecule has 0 unspecified atom stereocenters. The third kappa shape index (κ3) is 4.53. The van der Waals surface area contributed by atoms with Gasteiger partial charge in [0.15, 0.2) is 0 Å². The maximum absolute atomic E-state index is 14.5. The van der Waals surface area contributed by atoms with E-state index in [1.807, 2.05) is 13.8 Å². The number of carbonyl (C=O) groups excluding carboxylic acids is 1. The molecule has 0 aliphatic rings. The number of benzene rings is 2. The van der Waals surface area contributed by atoms with Crippen molar-refractivity contribution < 1.29 is 22.4 Å². The molecule has 3 rings (SSSR count). The quantitative estimate of drug-likeness (QED) is 0.528. The lowest BCUT2D eigenvalue weighted by molar-refractivity contribution is -0.140. The first-order valence-corrected chi connectivity index (χ1v) is 9.43. The normalized spacial score (nSPS) is 12.6. The van der Waals surface area contributed by atoms with E-state index in [2.05, 4.69) is 15.6 Å². The van der Waals surface area contributed by atoms with Crippen LogP contribution in [0.15, 0.2) is 42.5 Å². The van der Waals surface area contributed by atoms with Crippen LogP contribution in [0.2, 0.25) is 0 Å². The summed E-state index contributed by atoms with van der Waals surface area (Å²) >= 11 is 0. The Hall–Kier alpha value is -3.16. The minimum Gasteiger partial charge on any atom is -0.385 e. The predicted octanol–water partition coefficient (Wildman–Crippen LogP) is 5.62. The number of anilines is 1. The van der Waals surface area contributed by atoms with E-state index in [1.54, 1.807) is 13.0 Å². The summed E-state index contributed by atoms with van der Waals surface area (Å²) in [5, 5.41) is 6.21. The minimum atomic E-state index is -4.54. The number of alkyl halides is 3. The number of nitrogens with one attached hydrogen (secondary N) is 2. The molecule has 0 radical (unpaired) electrons. The predicted molar refractivity (Wildman–Crippen MR) is 108 cm³/mol. The van der Waals surface area contributed by atoms with E-state index in [0.717, 1.165) is 11.6 Å². The van der Waals surface area contributed by atoms with Crippen LogP contribution in [0.25, 0.3) is 10.9 Å². The van der Waals surface area contributed by atoms with Gasteiger partial charge in [-0.3, -0.25) is 4.79 Å². The summed E-state index contributed by atoms with van der Waals surface area (Å²) in [5.41, 5.74) is 1.28. The van der Waals surface area contributed by atoms with Gasteiger partial charge < -0.3 is 10.6 Å². The van der Waals surface area contributed by atoms with Crippen molar-refractivity contribution in [2.45, 2.75) is 33.0 Å². The monoisotopic (exact) mass is 419 g/mol. The highest BCUT2D eigenvalue weighted by molar-refractivity contribution is 5.98. The second-order valence-corrected chi connectivity index (χ2v) is 7.02. The Bertz CT molecular complexity index is 1100. The van der Waals surface area contributed by atoms with Crippen molar-refractivity contribution in [2.75, 3.05) is 11.9 Å². The van der Waals surface area contributed by atoms with Crippen molar-refractivity contribution in [3.05, 3.63) is 70.7 Å². The van der Waals surface area contributed by atoms with Crippen LogP contribution in [0.4, 0.5) is 23.2 Å². The van der Waals surface area contributed by atoms with Gasteiger partial charge in [0.25, 0.3) is 5.91 Å². The fourth-order valence-corrected chi connectivity index (χ4v) is 3.20. The number of amides is 1. The molecule has 0 saturated carbocycles. The van der Waals surface area contributed by atoms with E-state index < -0.39 is 29.6 Å². The number of carbonyl (C=O) groups is 1. The largest absolute Gasteiger partial charge is 0.433 e. The summed E-state index contributed by atoms with van der Waals surface area (Å²) in [7, 11) is 0. The maximum Gasteiger partial charge on any atom is 0.433 e. The number of aromatic nitrogens is 1. The van der Waals surface area contributed by atoms with E-state index in [1.165, 1.54) is 30.3 Å². The summed E-state index contributed by atoms with van der Waals surface area (Å²) in [5.74, 6) is -0.899. The van der Waals surface area contributed by atoms with Crippen molar-refractivity contribution in [1.29, 1.82) is 0 Å². The Morgan fingerprint density at radius 3 is 2.53 bits per heavy atom. The summed E-state index contributed by atoms with van der Waals surface area (Å²) in [4.78, 5) is 16.2. The average molecular weight is 419 g/mol. The molecular formula is C22H21F4N3O. The Morgan fingerprint density at radius 1 is 1.13 bits per heavy atom. The van der Waals surface area contributed by atoms with E-state index in [0.29, 0.717) is 23.2 Å². The molecule has 0 aliphatic carbocycles. The Kier molecular flexibility index (Phi) is 5.96. The highest BCUT2D eigenvalue weighted by Gasteiger charge is 2.32. The van der Waals surface area contributed by atoms with Crippen LogP contribution in [0.1, 0.15) is 47.1 Å². The van der Waals surface area contributed by atoms with Crippen LogP contribution < -0.4 is 10.6 Å². The summed E-state index contributed by atoms with van der Waals surface area (Å²) in [6.07, 6.45) is -4.54. The molecule has 2 aromatic carbocycles. The molecule has 0 spiro atoms. The molecule has 0 fully saturated rings. The van der Waals surface area contributed by atoms with Gasteiger partial charge in [0.2, 0.25) is 0 Å². The van der Waals surface area contributed by atoms with Crippen molar-refractivity contribution in [1.82, 2.24) is 10.3 Å². The number of nitrogens with zero attached hydrogens (tertiary/aromatic N) is 1. The van der Waals surface area contributed by atoms with Gasteiger partial charge in [-0.25, -0.2) is 9.37 Å². The highest BCUT2D eigenvalue weighted by Crippen LogP contribution is 2.29. The molecule has 1 atom stereocenters. The van der Waals surface area contributed by atoms with Crippen LogP contribution in [0, 0.1) is 12.7 Å². The summed E-state index contributed by atoms with van der Waals surface area (Å²) in [6, 6.07) is 8.84. The average Bonchev–Trinajstić information content (AvgIpc) is 2.69. The van der Waals surface area contributed by atoms with E-state index in [9.17, 15) is 22.4 Å². The second-order valence-electron chi connectivity index (χ2n) is 7.02. The Labute approximate surface area is 171 Å². The van der Waals surface area contributed by atoms with E-state index >= 15 is 0 Å². The van der Waals surface area contributed by atoms with Gasteiger partial charge in [0.05, 0.1) is 11.6 Å². The number of rotatable bonds is 5. The molecular weight excluding hydrogens is 398 g/mol. The third-order valence-corrected chi connectivity index (χ3v) is 4.77. The van der Waals surface area contributed by atoms with Crippen LogP contribution in [-0.2, 0) is 6.18 Å². The standard InChI is InChI=1S/C22H21F4N3O/c1-4-27-19-11-17(23)16(9-12(19)2)13(3)28-21(30)15-5-7-18-14(10-15)6-8-20(29-18)22(24,25)26/h5-11,13,27H,4H2,1-3H3,(H,28,30)/t13-/m1/s1. The van der Waals surface area contributed by atoms with E-state index in [4.69, 9.17) is 0 Å². The van der Waals surface area contributed by atoms with Gasteiger partial charge in [-0.05, 0) is 62.7 Å². The lowest BCUT2D eigenvalue weighted by Crippen LogP contribution is -2.27. The topological polar surface area (TPSA) is 54.0 Å². The summed E-state index contributed by atoms with van der Waals surface area (Å²) in [6.45, 7) is 6.09. The van der Waals surface area contributed by atoms with Crippen molar-refractivity contribution in [2.24, 2.45) is 0 Å². The molecule has 1 aromatic heterocycles. The molecule has 4 nitrogen and oxygen atoms in total. The Morgan fingerprint density at radius 2 is 1.87 bits per heavy atom. The SMILES string of the molecule is CCNc1cc(F)c([C@@H](C)NC(=O)c2ccc3nc(C(F)(F)F)ccc3c2)cc1C. The van der Waals surface area contributed by atoms with Crippen LogP contribution in [0.3, 0.4) is 0 Å². The van der Waals surface area contributed by atoms with Crippen molar-refractivity contribution in [3.63, 3.8) is 0 Å². The zero-order valence-corrected chi connectivity index (χ0v) is 16.7. The minimum absolute atomic E-state index is 0.134. The van der Waals surface area contributed by atoms with Crippen molar-refractivity contribution in [3.8, 4) is 0 Å². The lowest BCUT2D eigenvalue weighted by atomic mass is 10.0. The molecule has 0 saturated heterocycles. The molecule has 3 aromatic rings. The van der Waals surface area contributed by atoms with E-state index in [-0.39, 0.29) is 11.1 Å². The number of hydrogen-bond donors (Lipinski definition) is 2. The first-order valence-electron chi connectivity index (χ1n) is 9.43. The van der Waals surface area contributed by atoms with Gasteiger partial charge in [0, 0.05) is 28.7 Å². The van der Waals surface area contributed by atoms with Gasteiger partial charge in [-0.2, -0.15) is 13.2 Å². The number of hydrogen-bond acceptors (Lipinski definition) is 3.